The first-order valence-electron chi connectivity index (χ1n) is 14.6. The van der Waals surface area contributed by atoms with Crippen LogP contribution in [0.2, 0.25) is 0 Å². The number of likely N-dealkylation sites (N-methyl/N-ethyl adjacent to an activating group) is 1. The lowest BCUT2D eigenvalue weighted by Gasteiger charge is -2.28. The molecular formula is C31H44N8O4. The number of methoxy groups -OCH3 is 1. The molecule has 0 aliphatic heterocycles. The van der Waals surface area contributed by atoms with Crippen molar-refractivity contribution in [2.45, 2.75) is 72.1 Å². The van der Waals surface area contributed by atoms with Gasteiger partial charge in [-0.1, -0.05) is 18.8 Å². The molecule has 3 N–H and O–H groups in total. The quantitative estimate of drug-likeness (QED) is 0.193. The summed E-state index contributed by atoms with van der Waals surface area (Å²) in [6.45, 7) is 11.6. The summed E-state index contributed by atoms with van der Waals surface area (Å²) >= 11 is 0. The third-order valence-electron chi connectivity index (χ3n) is 6.38. The monoisotopic (exact) mass is 592 g/mol. The molecule has 0 spiro atoms. The fraction of sp³-hybridized carbons (Fsp3) is 0.516. The molecule has 1 aromatic carbocycles. The van der Waals surface area contributed by atoms with Crippen LogP contribution in [0.1, 0.15) is 59.4 Å². The van der Waals surface area contributed by atoms with Gasteiger partial charge in [-0.2, -0.15) is 10.1 Å². The van der Waals surface area contributed by atoms with E-state index in [0.717, 1.165) is 29.6 Å². The maximum atomic E-state index is 12.5. The van der Waals surface area contributed by atoms with Gasteiger partial charge in [-0.15, -0.1) is 0 Å². The Bertz CT molecular complexity index is 1440. The van der Waals surface area contributed by atoms with Crippen molar-refractivity contribution in [2.24, 2.45) is 0 Å². The highest BCUT2D eigenvalue weighted by atomic mass is 16.6. The van der Waals surface area contributed by atoms with E-state index in [1.807, 2.05) is 29.1 Å². The molecule has 3 aromatic rings. The number of nitrogens with zero attached hydrogens (tertiary/aromatic N) is 5. The highest BCUT2D eigenvalue weighted by Gasteiger charge is 2.26. The predicted molar refractivity (Wildman–Crippen MR) is 168 cm³/mol. The summed E-state index contributed by atoms with van der Waals surface area (Å²) in [7, 11) is 3.23. The number of fused-ring (bicyclic) bond motifs is 1. The predicted octanol–water partition coefficient (Wildman–Crippen LogP) is 4.54. The number of carbonyl (C=O) groups excluding carboxylic acids is 2. The molecule has 0 aliphatic rings. The summed E-state index contributed by atoms with van der Waals surface area (Å²) in [5, 5.41) is 14.9. The van der Waals surface area contributed by atoms with Crippen LogP contribution in [0.3, 0.4) is 0 Å². The maximum Gasteiger partial charge on any atom is 0.410 e. The molecule has 0 saturated heterocycles. The highest BCUT2D eigenvalue weighted by molar-refractivity contribution is 5.85. The first-order valence-corrected chi connectivity index (χ1v) is 14.6. The molecule has 0 saturated carbocycles. The van der Waals surface area contributed by atoms with Gasteiger partial charge < -0.3 is 25.4 Å². The Morgan fingerprint density at radius 1 is 1.19 bits per heavy atom. The molecule has 0 unspecified atom stereocenters. The number of amides is 2. The lowest BCUT2D eigenvalue weighted by molar-refractivity contribution is -0.125. The zero-order chi connectivity index (χ0) is 31.4. The van der Waals surface area contributed by atoms with Crippen molar-refractivity contribution in [3.63, 3.8) is 0 Å². The number of rotatable bonds is 13. The van der Waals surface area contributed by atoms with Gasteiger partial charge in [0.2, 0.25) is 11.9 Å². The number of hydrogen-bond acceptors (Lipinski definition) is 9. The highest BCUT2D eigenvalue weighted by Crippen LogP contribution is 2.22. The topological polar surface area (TPSA) is 136 Å². The summed E-state index contributed by atoms with van der Waals surface area (Å²) in [5.74, 6) is 7.18. The fourth-order valence-electron chi connectivity index (χ4n) is 3.92. The minimum absolute atomic E-state index is 0.247. The molecular weight excluding hydrogens is 548 g/mol. The Hall–Kier alpha value is -4.37. The summed E-state index contributed by atoms with van der Waals surface area (Å²) < 4.78 is 12.4. The summed E-state index contributed by atoms with van der Waals surface area (Å²) in [6, 6.07) is 5.34. The number of carbonyl (C=O) groups is 2. The molecule has 3 rings (SSSR count). The molecule has 0 radical (unpaired) electrons. The number of hydrogen-bond donors (Lipinski definition) is 3. The molecule has 2 amide bonds. The second kappa shape index (κ2) is 15.7. The first-order chi connectivity index (χ1) is 20.5. The lowest BCUT2D eigenvalue weighted by Crippen LogP contribution is -2.47. The van der Waals surface area contributed by atoms with Crippen molar-refractivity contribution in [1.29, 1.82) is 0 Å². The van der Waals surface area contributed by atoms with Crippen LogP contribution < -0.4 is 16.0 Å². The third-order valence-corrected chi connectivity index (χ3v) is 6.38. The van der Waals surface area contributed by atoms with Crippen LogP contribution in [0.4, 0.5) is 22.2 Å². The van der Waals surface area contributed by atoms with Gasteiger partial charge in [0.05, 0.1) is 36.6 Å². The van der Waals surface area contributed by atoms with Crippen LogP contribution in [0.15, 0.2) is 30.6 Å². The fourth-order valence-corrected chi connectivity index (χ4v) is 3.92. The van der Waals surface area contributed by atoms with Crippen molar-refractivity contribution in [1.82, 2.24) is 30.0 Å². The van der Waals surface area contributed by atoms with E-state index < -0.39 is 17.7 Å². The largest absolute Gasteiger partial charge is 0.444 e. The second-order valence-corrected chi connectivity index (χ2v) is 11.1. The van der Waals surface area contributed by atoms with E-state index in [1.54, 1.807) is 48.0 Å². The standard InChI is InChI=1S/C31H44N8O4/c1-8-15-32-27-23(12-10-9-11-16-33-28(40)22(2)38(6)30(41)43-31(3,4)5)20-34-29(37-27)36-25-13-14-26-24(19-25)21-35-39(26)17-18-42-7/h13-14,19-22H,8-9,11,15-18H2,1-7H3,(H,33,40)(H2,32,34,36,37)/t22-/m0/s1. The van der Waals surface area contributed by atoms with Gasteiger partial charge in [-0.05, 0) is 58.7 Å². The Morgan fingerprint density at radius 2 is 1.98 bits per heavy atom. The average molecular weight is 593 g/mol. The summed E-state index contributed by atoms with van der Waals surface area (Å²) in [5.41, 5.74) is 1.96. The second-order valence-electron chi connectivity index (χ2n) is 11.1. The average Bonchev–Trinajstić information content (AvgIpc) is 3.37. The van der Waals surface area contributed by atoms with E-state index in [1.165, 1.54) is 4.90 Å². The molecule has 43 heavy (non-hydrogen) atoms. The maximum absolute atomic E-state index is 12.5. The number of aromatic nitrogens is 4. The van der Waals surface area contributed by atoms with E-state index in [9.17, 15) is 9.59 Å². The summed E-state index contributed by atoms with van der Waals surface area (Å²) in [4.78, 5) is 35.1. The minimum atomic E-state index is -0.655. The molecule has 12 nitrogen and oxygen atoms in total. The molecule has 1 atom stereocenters. The van der Waals surface area contributed by atoms with E-state index in [-0.39, 0.29) is 5.91 Å². The van der Waals surface area contributed by atoms with Gasteiger partial charge in [0.15, 0.2) is 0 Å². The number of unbranched alkanes of at least 4 members (excludes halogenated alkanes) is 1. The van der Waals surface area contributed by atoms with Gasteiger partial charge in [0.1, 0.15) is 17.5 Å². The lowest BCUT2D eigenvalue weighted by atomic mass is 10.2. The number of anilines is 3. The van der Waals surface area contributed by atoms with Crippen molar-refractivity contribution in [3.05, 3.63) is 36.2 Å². The van der Waals surface area contributed by atoms with Gasteiger partial charge in [0.25, 0.3) is 0 Å². The van der Waals surface area contributed by atoms with Gasteiger partial charge in [-0.3, -0.25) is 14.4 Å². The van der Waals surface area contributed by atoms with E-state index in [4.69, 9.17) is 9.47 Å². The number of nitrogens with one attached hydrogen (secondary N) is 3. The molecule has 232 valence electrons. The zero-order valence-corrected chi connectivity index (χ0v) is 26.3. The number of ether oxygens (including phenoxy) is 2. The molecule has 2 aromatic heterocycles. The van der Waals surface area contributed by atoms with Crippen molar-refractivity contribution in [2.75, 3.05) is 44.5 Å². The van der Waals surface area contributed by atoms with Crippen LogP contribution in [0.5, 0.6) is 0 Å². The van der Waals surface area contributed by atoms with E-state index >= 15 is 0 Å². The Labute approximate surface area is 253 Å². The normalized spacial score (nSPS) is 11.8. The Morgan fingerprint density at radius 3 is 2.70 bits per heavy atom. The number of benzene rings is 1. The van der Waals surface area contributed by atoms with Crippen molar-refractivity contribution < 1.29 is 19.1 Å². The van der Waals surface area contributed by atoms with Gasteiger partial charge in [0, 0.05) is 44.7 Å². The van der Waals surface area contributed by atoms with Crippen molar-refractivity contribution >= 4 is 40.4 Å². The van der Waals surface area contributed by atoms with E-state index in [2.05, 4.69) is 49.8 Å². The molecule has 0 aliphatic carbocycles. The molecule has 12 heteroatoms. The molecule has 0 fully saturated rings. The molecule has 2 heterocycles. The van der Waals surface area contributed by atoms with Crippen molar-refractivity contribution in [3.8, 4) is 11.8 Å². The van der Waals surface area contributed by atoms with Gasteiger partial charge >= 0.3 is 6.09 Å². The first kappa shape index (κ1) is 33.1. The Kier molecular flexibility index (Phi) is 12.1. The van der Waals surface area contributed by atoms with Crippen LogP contribution in [0, 0.1) is 11.8 Å². The third kappa shape index (κ3) is 10.1. The van der Waals surface area contributed by atoms with Crippen LogP contribution >= 0.6 is 0 Å². The summed E-state index contributed by atoms with van der Waals surface area (Å²) in [6.07, 6.45) is 5.16. The van der Waals surface area contributed by atoms with Crippen LogP contribution in [-0.2, 0) is 20.8 Å². The minimum Gasteiger partial charge on any atom is -0.444 e. The zero-order valence-electron chi connectivity index (χ0n) is 26.3. The smallest absolute Gasteiger partial charge is 0.410 e. The van der Waals surface area contributed by atoms with E-state index in [0.29, 0.717) is 49.9 Å². The molecule has 0 bridgehead atoms. The van der Waals surface area contributed by atoms with Gasteiger partial charge in [-0.25, -0.2) is 9.78 Å². The van der Waals surface area contributed by atoms with Crippen LogP contribution in [0.25, 0.3) is 10.9 Å². The van der Waals surface area contributed by atoms with Crippen LogP contribution in [-0.4, -0.2) is 82.1 Å². The Balaban J connectivity index is 1.56. The SMILES string of the molecule is CCCNc1nc(Nc2ccc3c(cnn3CCOC)c2)ncc1C#CCCCNC(=O)[C@H](C)N(C)C(=O)OC(C)(C)C.